The van der Waals surface area contributed by atoms with Crippen molar-refractivity contribution in [1.82, 2.24) is 9.78 Å². The van der Waals surface area contributed by atoms with Crippen LogP contribution in [0.2, 0.25) is 0 Å². The second-order valence-corrected chi connectivity index (χ2v) is 2.98. The number of aliphatic hydroxyl groups excluding tert-OH is 2. The second kappa shape index (κ2) is 7.22. The highest BCUT2D eigenvalue weighted by atomic mass is 16.5. The largest absolute Gasteiger partial charge is 0.395 e. The van der Waals surface area contributed by atoms with Crippen molar-refractivity contribution in [2.24, 2.45) is 0 Å². The van der Waals surface area contributed by atoms with Crippen molar-refractivity contribution in [3.05, 3.63) is 12.4 Å². The molecule has 0 aliphatic carbocycles. The van der Waals surface area contributed by atoms with Crippen molar-refractivity contribution in [2.75, 3.05) is 38.3 Å². The number of hydrogen-bond acceptors (Lipinski definition) is 5. The van der Waals surface area contributed by atoms with Crippen molar-refractivity contribution in [3.63, 3.8) is 0 Å². The molecule has 0 atom stereocenters. The first kappa shape index (κ1) is 12.0. The number of anilines is 1. The first-order chi connectivity index (χ1) is 7.36. The predicted molar refractivity (Wildman–Crippen MR) is 55.7 cm³/mol. The Bertz CT molecular complexity index is 265. The summed E-state index contributed by atoms with van der Waals surface area (Å²) >= 11 is 0. The molecule has 0 fully saturated rings. The predicted octanol–water partition coefficient (Wildman–Crippen LogP) is -0.704. The normalized spacial score (nSPS) is 10.5. The van der Waals surface area contributed by atoms with Gasteiger partial charge in [0, 0.05) is 12.7 Å². The highest BCUT2D eigenvalue weighted by molar-refractivity contribution is 5.37. The summed E-state index contributed by atoms with van der Waals surface area (Å²) in [6.07, 6.45) is 3.54. The highest BCUT2D eigenvalue weighted by Gasteiger charge is 1.97. The van der Waals surface area contributed by atoms with E-state index in [4.69, 9.17) is 14.9 Å². The van der Waals surface area contributed by atoms with Crippen molar-refractivity contribution in [2.45, 2.75) is 6.54 Å². The van der Waals surface area contributed by atoms with E-state index >= 15 is 0 Å². The summed E-state index contributed by atoms with van der Waals surface area (Å²) < 4.78 is 6.85. The molecule has 0 spiro atoms. The molecule has 6 nitrogen and oxygen atoms in total. The van der Waals surface area contributed by atoms with Crippen LogP contribution in [0.15, 0.2) is 12.4 Å². The van der Waals surface area contributed by atoms with Gasteiger partial charge < -0.3 is 20.3 Å². The van der Waals surface area contributed by atoms with Crippen molar-refractivity contribution in [1.29, 1.82) is 0 Å². The lowest BCUT2D eigenvalue weighted by Crippen LogP contribution is -2.08. The molecule has 0 aliphatic rings. The average Bonchev–Trinajstić information content (AvgIpc) is 2.69. The third kappa shape index (κ3) is 4.78. The van der Waals surface area contributed by atoms with Crippen molar-refractivity contribution < 1.29 is 14.9 Å². The summed E-state index contributed by atoms with van der Waals surface area (Å²) in [4.78, 5) is 0. The van der Waals surface area contributed by atoms with Gasteiger partial charge in [-0.15, -0.1) is 0 Å². The highest BCUT2D eigenvalue weighted by Crippen LogP contribution is 2.03. The van der Waals surface area contributed by atoms with Crippen LogP contribution >= 0.6 is 0 Å². The standard InChI is InChI=1S/C9H17N3O3/c13-3-1-10-9-7-11-12(8-9)2-5-15-6-4-14/h7-8,10,13-14H,1-6H2. The minimum absolute atomic E-state index is 0.0441. The molecule has 0 saturated carbocycles. The van der Waals surface area contributed by atoms with Gasteiger partial charge in [-0.05, 0) is 0 Å². The van der Waals surface area contributed by atoms with E-state index in [1.165, 1.54) is 0 Å². The van der Waals surface area contributed by atoms with Crippen molar-refractivity contribution in [3.8, 4) is 0 Å². The topological polar surface area (TPSA) is 79.5 Å². The summed E-state index contributed by atoms with van der Waals surface area (Å²) in [7, 11) is 0. The minimum atomic E-state index is 0.0441. The smallest absolute Gasteiger partial charge is 0.0727 e. The lowest BCUT2D eigenvalue weighted by atomic mass is 10.5. The van der Waals surface area contributed by atoms with E-state index in [9.17, 15) is 0 Å². The summed E-state index contributed by atoms with van der Waals surface area (Å²) in [6.45, 7) is 2.21. The van der Waals surface area contributed by atoms with Crippen LogP contribution in [0.25, 0.3) is 0 Å². The first-order valence-corrected chi connectivity index (χ1v) is 4.92. The van der Waals surface area contributed by atoms with E-state index in [1.807, 2.05) is 6.20 Å². The maximum absolute atomic E-state index is 8.60. The number of ether oxygens (including phenoxy) is 1. The molecule has 0 unspecified atom stereocenters. The van der Waals surface area contributed by atoms with Crippen LogP contribution in [0.1, 0.15) is 0 Å². The summed E-state index contributed by atoms with van der Waals surface area (Å²) in [5.74, 6) is 0. The van der Waals surface area contributed by atoms with Gasteiger partial charge in [0.15, 0.2) is 0 Å². The number of nitrogens with one attached hydrogen (secondary N) is 1. The molecule has 3 N–H and O–H groups in total. The molecule has 15 heavy (non-hydrogen) atoms. The Morgan fingerprint density at radius 1 is 1.33 bits per heavy atom. The molecule has 1 aromatic rings. The quantitative estimate of drug-likeness (QED) is 0.499. The molecule has 0 radical (unpaired) electrons. The van der Waals surface area contributed by atoms with Crippen LogP contribution in [-0.4, -0.2) is 53.0 Å². The molecule has 0 saturated heterocycles. The molecule has 6 heteroatoms. The molecule has 1 aromatic heterocycles. The van der Waals surface area contributed by atoms with E-state index in [0.29, 0.717) is 26.3 Å². The van der Waals surface area contributed by atoms with Gasteiger partial charge in [-0.2, -0.15) is 5.10 Å². The van der Waals surface area contributed by atoms with E-state index < -0.39 is 0 Å². The Hall–Kier alpha value is -1.11. The number of aliphatic hydroxyl groups is 2. The number of nitrogens with zero attached hydrogens (tertiary/aromatic N) is 2. The molecule has 0 aliphatic heterocycles. The SMILES string of the molecule is OCCNc1cnn(CCOCCO)c1. The minimum Gasteiger partial charge on any atom is -0.395 e. The molecule has 1 rings (SSSR count). The fourth-order valence-electron chi connectivity index (χ4n) is 1.10. The maximum Gasteiger partial charge on any atom is 0.0727 e. The maximum atomic E-state index is 8.60. The number of aromatic nitrogens is 2. The van der Waals surface area contributed by atoms with Crippen LogP contribution in [0, 0.1) is 0 Å². The zero-order valence-electron chi connectivity index (χ0n) is 8.59. The van der Waals surface area contributed by atoms with Gasteiger partial charge in [-0.1, -0.05) is 0 Å². The summed E-state index contributed by atoms with van der Waals surface area (Å²) in [5, 5.41) is 24.2. The second-order valence-electron chi connectivity index (χ2n) is 2.98. The fraction of sp³-hybridized carbons (Fsp3) is 0.667. The van der Waals surface area contributed by atoms with Gasteiger partial charge in [0.25, 0.3) is 0 Å². The van der Waals surface area contributed by atoms with Gasteiger partial charge in [-0.3, -0.25) is 4.68 Å². The molecule has 0 bridgehead atoms. The lowest BCUT2D eigenvalue weighted by molar-refractivity contribution is 0.0854. The van der Waals surface area contributed by atoms with E-state index in [0.717, 1.165) is 5.69 Å². The molecular formula is C9H17N3O3. The van der Waals surface area contributed by atoms with Crippen LogP contribution < -0.4 is 5.32 Å². The monoisotopic (exact) mass is 215 g/mol. The number of rotatable bonds is 8. The molecular weight excluding hydrogens is 198 g/mol. The zero-order chi connectivity index (χ0) is 10.9. The average molecular weight is 215 g/mol. The summed E-state index contributed by atoms with van der Waals surface area (Å²) in [6, 6.07) is 0. The molecule has 86 valence electrons. The third-order valence-corrected chi connectivity index (χ3v) is 1.77. The van der Waals surface area contributed by atoms with Crippen LogP contribution in [0.4, 0.5) is 5.69 Å². The van der Waals surface area contributed by atoms with Gasteiger partial charge >= 0.3 is 0 Å². The Morgan fingerprint density at radius 3 is 2.93 bits per heavy atom. The lowest BCUT2D eigenvalue weighted by Gasteiger charge is -2.02. The van der Waals surface area contributed by atoms with E-state index in [-0.39, 0.29) is 13.2 Å². The van der Waals surface area contributed by atoms with Crippen molar-refractivity contribution >= 4 is 5.69 Å². The van der Waals surface area contributed by atoms with Gasteiger partial charge in [-0.25, -0.2) is 0 Å². The van der Waals surface area contributed by atoms with Gasteiger partial charge in [0.05, 0.1) is 44.9 Å². The zero-order valence-corrected chi connectivity index (χ0v) is 8.59. The van der Waals surface area contributed by atoms with Crippen LogP contribution in [-0.2, 0) is 11.3 Å². The van der Waals surface area contributed by atoms with Gasteiger partial charge in [0.1, 0.15) is 0 Å². The Kier molecular flexibility index (Phi) is 5.76. The molecule has 0 amide bonds. The fourth-order valence-corrected chi connectivity index (χ4v) is 1.10. The van der Waals surface area contributed by atoms with Crippen LogP contribution in [0.3, 0.4) is 0 Å². The molecule has 0 aromatic carbocycles. The Labute approximate surface area is 88.5 Å². The van der Waals surface area contributed by atoms with Crippen LogP contribution in [0.5, 0.6) is 0 Å². The Morgan fingerprint density at radius 2 is 2.20 bits per heavy atom. The molecule has 1 heterocycles. The number of hydrogen-bond donors (Lipinski definition) is 3. The van der Waals surface area contributed by atoms with E-state index in [2.05, 4.69) is 10.4 Å². The third-order valence-electron chi connectivity index (χ3n) is 1.77. The Balaban J connectivity index is 2.20. The first-order valence-electron chi connectivity index (χ1n) is 4.92. The van der Waals surface area contributed by atoms with Gasteiger partial charge in [0.2, 0.25) is 0 Å². The van der Waals surface area contributed by atoms with E-state index in [1.54, 1.807) is 10.9 Å². The summed E-state index contributed by atoms with van der Waals surface area (Å²) in [5.41, 5.74) is 0.881.